The topological polar surface area (TPSA) is 17.1 Å². The zero-order valence-corrected chi connectivity index (χ0v) is 13.9. The molecule has 21 heavy (non-hydrogen) atoms. The van der Waals surface area contributed by atoms with E-state index in [-0.39, 0.29) is 0 Å². The van der Waals surface area contributed by atoms with E-state index in [2.05, 4.69) is 20.8 Å². The highest BCUT2D eigenvalue weighted by Crippen LogP contribution is 2.64. The van der Waals surface area contributed by atoms with Crippen LogP contribution in [0.4, 0.5) is 0 Å². The average molecular weight is 286 g/mol. The summed E-state index contributed by atoms with van der Waals surface area (Å²) in [7, 11) is 0. The van der Waals surface area contributed by atoms with E-state index in [0.717, 1.165) is 48.3 Å². The van der Waals surface area contributed by atoms with Crippen molar-refractivity contribution < 1.29 is 4.79 Å². The molecule has 0 amide bonds. The van der Waals surface area contributed by atoms with Crippen molar-refractivity contribution in [2.75, 3.05) is 0 Å². The largest absolute Gasteiger partial charge is 0.295 e. The molecule has 7 atom stereocenters. The van der Waals surface area contributed by atoms with E-state index < -0.39 is 0 Å². The van der Waals surface area contributed by atoms with Gasteiger partial charge >= 0.3 is 0 Å². The molecule has 3 saturated carbocycles. The van der Waals surface area contributed by atoms with E-state index in [1.807, 2.05) is 6.08 Å². The van der Waals surface area contributed by atoms with Crippen molar-refractivity contribution in [2.24, 2.45) is 40.9 Å². The van der Waals surface area contributed by atoms with Crippen LogP contribution in [0, 0.1) is 40.9 Å². The van der Waals surface area contributed by atoms with Gasteiger partial charge in [-0.25, -0.2) is 0 Å². The summed E-state index contributed by atoms with van der Waals surface area (Å²) in [6, 6.07) is 0. The SMILES string of the molecule is C[C@H]1CC2=CC(=O)CC[C@@H]2[C@H]2CC[C@]3(C)[C@@H](C)CC[C@H]3[C@@H]21. The first-order valence-electron chi connectivity index (χ1n) is 9.24. The Morgan fingerprint density at radius 1 is 1.14 bits per heavy atom. The van der Waals surface area contributed by atoms with E-state index in [0.29, 0.717) is 11.2 Å². The molecule has 1 nitrogen and oxygen atoms in total. The van der Waals surface area contributed by atoms with Gasteiger partial charge in [0.1, 0.15) is 0 Å². The zero-order chi connectivity index (χ0) is 14.8. The molecule has 3 fully saturated rings. The molecule has 0 aromatic carbocycles. The summed E-state index contributed by atoms with van der Waals surface area (Å²) in [5.41, 5.74) is 2.14. The summed E-state index contributed by atoms with van der Waals surface area (Å²) < 4.78 is 0. The van der Waals surface area contributed by atoms with Crippen LogP contribution in [-0.2, 0) is 4.79 Å². The highest BCUT2D eigenvalue weighted by atomic mass is 16.1. The first-order valence-corrected chi connectivity index (χ1v) is 9.24. The lowest BCUT2D eigenvalue weighted by Crippen LogP contribution is -2.49. The number of hydrogen-bond acceptors (Lipinski definition) is 1. The van der Waals surface area contributed by atoms with Crippen LogP contribution in [0.1, 0.15) is 65.7 Å². The lowest BCUT2D eigenvalue weighted by atomic mass is 9.49. The van der Waals surface area contributed by atoms with Crippen molar-refractivity contribution >= 4 is 5.78 Å². The summed E-state index contributed by atoms with van der Waals surface area (Å²) >= 11 is 0. The van der Waals surface area contributed by atoms with E-state index in [4.69, 9.17) is 0 Å². The number of ketones is 1. The minimum atomic E-state index is 0.391. The molecule has 0 radical (unpaired) electrons. The van der Waals surface area contributed by atoms with E-state index in [1.54, 1.807) is 0 Å². The first-order chi connectivity index (χ1) is 10.0. The standard InChI is InChI=1S/C20H30O/c1-12-10-14-11-15(21)5-6-16(14)17-8-9-20(3)13(2)4-7-18(20)19(12)17/h11-13,16-19H,4-10H2,1-3H3/t12-,13-,16-,17+,18-,19+,20+/m0/s1. The molecule has 0 bridgehead atoms. The van der Waals surface area contributed by atoms with Gasteiger partial charge in [-0.1, -0.05) is 26.3 Å². The number of carbonyl (C=O) groups excluding carboxylic acids is 1. The molecule has 0 aliphatic heterocycles. The summed E-state index contributed by atoms with van der Waals surface area (Å²) in [5, 5.41) is 0. The Balaban J connectivity index is 1.68. The summed E-state index contributed by atoms with van der Waals surface area (Å²) in [5.74, 6) is 5.63. The van der Waals surface area contributed by atoms with Gasteiger partial charge in [-0.05, 0) is 85.5 Å². The molecule has 0 N–H and O–H groups in total. The molecule has 0 aromatic rings. The maximum atomic E-state index is 11.8. The summed E-state index contributed by atoms with van der Waals surface area (Å²) in [4.78, 5) is 11.8. The van der Waals surface area contributed by atoms with Crippen LogP contribution in [0.15, 0.2) is 11.6 Å². The summed E-state index contributed by atoms with van der Waals surface area (Å²) in [6.45, 7) is 7.56. The maximum absolute atomic E-state index is 11.8. The van der Waals surface area contributed by atoms with Crippen LogP contribution in [0.5, 0.6) is 0 Å². The molecular weight excluding hydrogens is 256 g/mol. The van der Waals surface area contributed by atoms with E-state index >= 15 is 0 Å². The zero-order valence-electron chi connectivity index (χ0n) is 13.9. The van der Waals surface area contributed by atoms with Gasteiger partial charge in [0.2, 0.25) is 0 Å². The Labute approximate surface area is 129 Å². The Morgan fingerprint density at radius 2 is 1.95 bits per heavy atom. The molecule has 0 aromatic heterocycles. The van der Waals surface area contributed by atoms with Gasteiger partial charge < -0.3 is 0 Å². The van der Waals surface area contributed by atoms with Crippen LogP contribution < -0.4 is 0 Å². The predicted molar refractivity (Wildman–Crippen MR) is 85.8 cm³/mol. The van der Waals surface area contributed by atoms with Crippen LogP contribution in [0.25, 0.3) is 0 Å². The molecule has 0 spiro atoms. The fourth-order valence-corrected chi connectivity index (χ4v) is 6.85. The van der Waals surface area contributed by atoms with Crippen molar-refractivity contribution in [3.63, 3.8) is 0 Å². The highest BCUT2D eigenvalue weighted by Gasteiger charge is 2.56. The molecule has 4 aliphatic carbocycles. The van der Waals surface area contributed by atoms with Crippen molar-refractivity contribution in [1.82, 2.24) is 0 Å². The molecular formula is C20H30O. The number of allylic oxidation sites excluding steroid dienone is 1. The third kappa shape index (κ3) is 1.92. The lowest BCUT2D eigenvalue weighted by Gasteiger charge is -2.56. The van der Waals surface area contributed by atoms with Crippen molar-refractivity contribution in [1.29, 1.82) is 0 Å². The third-order valence-corrected chi connectivity index (χ3v) is 8.11. The van der Waals surface area contributed by atoms with Gasteiger partial charge in [-0.2, -0.15) is 0 Å². The van der Waals surface area contributed by atoms with E-state index in [1.165, 1.54) is 37.7 Å². The lowest BCUT2D eigenvalue weighted by molar-refractivity contribution is -0.116. The van der Waals surface area contributed by atoms with Gasteiger partial charge in [0.15, 0.2) is 5.78 Å². The van der Waals surface area contributed by atoms with Gasteiger partial charge in [0, 0.05) is 6.42 Å². The molecule has 116 valence electrons. The van der Waals surface area contributed by atoms with Crippen molar-refractivity contribution in [3.8, 4) is 0 Å². The third-order valence-electron chi connectivity index (χ3n) is 8.11. The second-order valence-electron chi connectivity index (χ2n) is 8.88. The molecule has 0 heterocycles. The van der Waals surface area contributed by atoms with Crippen LogP contribution in [-0.4, -0.2) is 5.78 Å². The van der Waals surface area contributed by atoms with Gasteiger partial charge in [-0.15, -0.1) is 0 Å². The smallest absolute Gasteiger partial charge is 0.155 e. The molecule has 0 saturated heterocycles. The molecule has 4 aliphatic rings. The minimum Gasteiger partial charge on any atom is -0.295 e. The van der Waals surface area contributed by atoms with Gasteiger partial charge in [-0.3, -0.25) is 4.79 Å². The maximum Gasteiger partial charge on any atom is 0.155 e. The number of fused-ring (bicyclic) bond motifs is 5. The molecule has 0 unspecified atom stereocenters. The number of rotatable bonds is 0. The Morgan fingerprint density at radius 3 is 2.76 bits per heavy atom. The fourth-order valence-electron chi connectivity index (χ4n) is 6.85. The molecule has 4 rings (SSSR count). The van der Waals surface area contributed by atoms with E-state index in [9.17, 15) is 4.79 Å². The summed E-state index contributed by atoms with van der Waals surface area (Å²) in [6.07, 6.45) is 11.0. The van der Waals surface area contributed by atoms with Crippen molar-refractivity contribution in [3.05, 3.63) is 11.6 Å². The second-order valence-corrected chi connectivity index (χ2v) is 8.88. The molecule has 1 heteroatoms. The number of hydrogen-bond donors (Lipinski definition) is 0. The number of carbonyl (C=O) groups is 1. The first kappa shape index (κ1) is 14.0. The van der Waals surface area contributed by atoms with Crippen molar-refractivity contribution in [2.45, 2.75) is 65.7 Å². The van der Waals surface area contributed by atoms with Gasteiger partial charge in [0.05, 0.1) is 0 Å². The predicted octanol–water partition coefficient (Wildman–Crippen LogP) is 5.01. The minimum absolute atomic E-state index is 0.391. The Bertz CT molecular complexity index is 490. The normalized spacial score (nSPS) is 52.7. The quantitative estimate of drug-likeness (QED) is 0.611. The monoisotopic (exact) mass is 286 g/mol. The van der Waals surface area contributed by atoms with Crippen LogP contribution in [0.2, 0.25) is 0 Å². The average Bonchev–Trinajstić information content (AvgIpc) is 2.74. The Kier molecular flexibility index (Phi) is 3.14. The second kappa shape index (κ2) is 4.70. The van der Waals surface area contributed by atoms with Crippen LogP contribution in [0.3, 0.4) is 0 Å². The fraction of sp³-hybridized carbons (Fsp3) is 0.850. The Hall–Kier alpha value is -0.590. The highest BCUT2D eigenvalue weighted by molar-refractivity contribution is 5.91. The van der Waals surface area contributed by atoms with Gasteiger partial charge in [0.25, 0.3) is 0 Å². The van der Waals surface area contributed by atoms with Crippen LogP contribution >= 0.6 is 0 Å².